The van der Waals surface area contributed by atoms with Gasteiger partial charge in [0.25, 0.3) is 0 Å². The average Bonchev–Trinajstić information content (AvgIpc) is 2.74. The van der Waals surface area contributed by atoms with E-state index in [-0.39, 0.29) is 6.10 Å². The molecule has 2 aromatic rings. The molecule has 1 aliphatic rings. The fraction of sp³-hybridized carbons (Fsp3) is 0.577. The van der Waals surface area contributed by atoms with E-state index in [0.717, 1.165) is 37.8 Å². The minimum Gasteiger partial charge on any atom is -0.393 e. The van der Waals surface area contributed by atoms with Crippen LogP contribution in [0.2, 0.25) is 0 Å². The molecule has 1 aromatic heterocycles. The predicted molar refractivity (Wildman–Crippen MR) is 119 cm³/mol. The van der Waals surface area contributed by atoms with Crippen LogP contribution in [0.25, 0.3) is 11.3 Å². The van der Waals surface area contributed by atoms with Crippen LogP contribution in [0.5, 0.6) is 0 Å². The molecule has 2 nitrogen and oxygen atoms in total. The minimum absolute atomic E-state index is 0.0840. The molecule has 152 valence electrons. The van der Waals surface area contributed by atoms with Crippen LogP contribution in [0, 0.1) is 0 Å². The number of pyridine rings is 1. The van der Waals surface area contributed by atoms with Crippen molar-refractivity contribution < 1.29 is 5.11 Å². The van der Waals surface area contributed by atoms with Gasteiger partial charge in [0, 0.05) is 11.8 Å². The monoisotopic (exact) mass is 379 g/mol. The van der Waals surface area contributed by atoms with Crippen molar-refractivity contribution in [3.05, 3.63) is 53.7 Å². The summed E-state index contributed by atoms with van der Waals surface area (Å²) in [6.45, 7) is 2.27. The van der Waals surface area contributed by atoms with E-state index in [0.29, 0.717) is 5.92 Å². The Labute approximate surface area is 171 Å². The Morgan fingerprint density at radius 3 is 2.14 bits per heavy atom. The topological polar surface area (TPSA) is 33.1 Å². The van der Waals surface area contributed by atoms with E-state index in [1.807, 2.05) is 0 Å². The zero-order valence-corrected chi connectivity index (χ0v) is 17.6. The molecule has 0 atom stereocenters. The van der Waals surface area contributed by atoms with Crippen molar-refractivity contribution in [3.8, 4) is 11.3 Å². The molecule has 1 fully saturated rings. The number of unbranched alkanes of at least 4 members (excludes halogenated alkanes) is 6. The van der Waals surface area contributed by atoms with Gasteiger partial charge >= 0.3 is 0 Å². The lowest BCUT2D eigenvalue weighted by atomic mass is 9.82. The van der Waals surface area contributed by atoms with Crippen molar-refractivity contribution in [2.45, 2.75) is 96.0 Å². The van der Waals surface area contributed by atoms with Gasteiger partial charge in [-0.2, -0.15) is 0 Å². The summed E-state index contributed by atoms with van der Waals surface area (Å²) in [5.74, 6) is 0.606. The Hall–Kier alpha value is -1.67. The molecular formula is C26H37NO. The maximum absolute atomic E-state index is 9.69. The normalized spacial score (nSPS) is 19.6. The lowest BCUT2D eigenvalue weighted by Crippen LogP contribution is -2.16. The summed E-state index contributed by atoms with van der Waals surface area (Å²) >= 11 is 0. The van der Waals surface area contributed by atoms with Gasteiger partial charge < -0.3 is 5.11 Å². The highest BCUT2D eigenvalue weighted by atomic mass is 16.3. The number of hydrogen-bond donors (Lipinski definition) is 1. The summed E-state index contributed by atoms with van der Waals surface area (Å²) in [5.41, 5.74) is 5.02. The largest absolute Gasteiger partial charge is 0.393 e. The maximum Gasteiger partial charge on any atom is 0.0702 e. The predicted octanol–water partition coefficient (Wildman–Crippen LogP) is 7.06. The fourth-order valence-corrected chi connectivity index (χ4v) is 4.36. The van der Waals surface area contributed by atoms with Crippen LogP contribution in [0.1, 0.15) is 94.6 Å². The van der Waals surface area contributed by atoms with Crippen LogP contribution < -0.4 is 0 Å². The first-order valence-electron chi connectivity index (χ1n) is 11.5. The second-order valence-electron chi connectivity index (χ2n) is 8.55. The SMILES string of the molecule is CCCCCCCCCc1ccc(-c2ccc([C@H]3CC[C@H](O)CC3)cc2)nc1. The van der Waals surface area contributed by atoms with Gasteiger partial charge in [0.05, 0.1) is 11.8 Å². The Bertz CT molecular complexity index is 669. The molecule has 0 bridgehead atoms. The summed E-state index contributed by atoms with van der Waals surface area (Å²) < 4.78 is 0. The molecule has 0 saturated heterocycles. The quantitative estimate of drug-likeness (QED) is 0.448. The third kappa shape index (κ3) is 6.44. The van der Waals surface area contributed by atoms with Crippen molar-refractivity contribution in [3.63, 3.8) is 0 Å². The Morgan fingerprint density at radius 2 is 1.50 bits per heavy atom. The van der Waals surface area contributed by atoms with Crippen molar-refractivity contribution >= 4 is 0 Å². The zero-order valence-electron chi connectivity index (χ0n) is 17.6. The molecule has 28 heavy (non-hydrogen) atoms. The van der Waals surface area contributed by atoms with E-state index >= 15 is 0 Å². The van der Waals surface area contributed by atoms with Crippen LogP contribution >= 0.6 is 0 Å². The second kappa shape index (κ2) is 11.4. The van der Waals surface area contributed by atoms with E-state index in [9.17, 15) is 5.11 Å². The van der Waals surface area contributed by atoms with Crippen molar-refractivity contribution in [1.29, 1.82) is 0 Å². The average molecular weight is 380 g/mol. The molecule has 0 amide bonds. The molecule has 1 N–H and O–H groups in total. The van der Waals surface area contributed by atoms with Crippen molar-refractivity contribution in [2.24, 2.45) is 0 Å². The first-order chi connectivity index (χ1) is 13.8. The number of benzene rings is 1. The van der Waals surface area contributed by atoms with E-state index < -0.39 is 0 Å². The van der Waals surface area contributed by atoms with E-state index in [2.05, 4.69) is 49.5 Å². The smallest absolute Gasteiger partial charge is 0.0702 e. The third-order valence-corrected chi connectivity index (χ3v) is 6.27. The number of aliphatic hydroxyl groups is 1. The molecule has 0 aliphatic heterocycles. The molecule has 1 saturated carbocycles. The summed E-state index contributed by atoms with van der Waals surface area (Å²) in [6.07, 6.45) is 16.7. The number of aromatic nitrogens is 1. The standard InChI is InChI=1S/C26H37NO/c1-2-3-4-5-6-7-8-9-21-10-19-26(27-20-21)24-13-11-22(12-14-24)23-15-17-25(28)18-16-23/h10-14,19-20,23,25,28H,2-9,15-18H2,1H3/t23-,25-. The molecule has 0 unspecified atom stereocenters. The van der Waals surface area contributed by atoms with Gasteiger partial charge in [0.2, 0.25) is 0 Å². The van der Waals surface area contributed by atoms with Gasteiger partial charge in [-0.25, -0.2) is 0 Å². The van der Waals surface area contributed by atoms with E-state index in [1.165, 1.54) is 61.6 Å². The summed E-state index contributed by atoms with van der Waals surface area (Å²) in [7, 11) is 0. The van der Waals surface area contributed by atoms with Gasteiger partial charge in [0.1, 0.15) is 0 Å². The van der Waals surface area contributed by atoms with Crippen molar-refractivity contribution in [1.82, 2.24) is 4.98 Å². The molecule has 2 heteroatoms. The minimum atomic E-state index is -0.0840. The zero-order chi connectivity index (χ0) is 19.6. The molecule has 1 aromatic carbocycles. The third-order valence-electron chi connectivity index (χ3n) is 6.27. The first-order valence-corrected chi connectivity index (χ1v) is 11.5. The molecular weight excluding hydrogens is 342 g/mol. The van der Waals surface area contributed by atoms with Crippen LogP contribution in [-0.2, 0) is 6.42 Å². The van der Waals surface area contributed by atoms with Crippen molar-refractivity contribution in [2.75, 3.05) is 0 Å². The highest BCUT2D eigenvalue weighted by Gasteiger charge is 2.20. The van der Waals surface area contributed by atoms with Gasteiger partial charge in [-0.1, -0.05) is 75.8 Å². The van der Waals surface area contributed by atoms with Gasteiger partial charge in [-0.15, -0.1) is 0 Å². The lowest BCUT2D eigenvalue weighted by Gasteiger charge is -2.25. The molecule has 1 heterocycles. The first kappa shape index (κ1) is 21.0. The maximum atomic E-state index is 9.69. The fourth-order valence-electron chi connectivity index (χ4n) is 4.36. The van der Waals surface area contributed by atoms with Gasteiger partial charge in [0.15, 0.2) is 0 Å². The second-order valence-corrected chi connectivity index (χ2v) is 8.55. The Kier molecular flexibility index (Phi) is 8.54. The molecule has 3 rings (SSSR count). The molecule has 0 radical (unpaired) electrons. The Balaban J connectivity index is 1.45. The summed E-state index contributed by atoms with van der Waals surface area (Å²) in [6, 6.07) is 13.3. The van der Waals surface area contributed by atoms with Crippen LogP contribution in [0.4, 0.5) is 0 Å². The van der Waals surface area contributed by atoms with E-state index in [1.54, 1.807) is 0 Å². The number of rotatable bonds is 10. The number of aryl methyl sites for hydroxylation is 1. The Morgan fingerprint density at radius 1 is 0.821 bits per heavy atom. The number of nitrogens with zero attached hydrogens (tertiary/aromatic N) is 1. The van der Waals surface area contributed by atoms with E-state index in [4.69, 9.17) is 4.98 Å². The summed E-state index contributed by atoms with van der Waals surface area (Å²) in [4.78, 5) is 4.71. The number of aliphatic hydroxyl groups excluding tert-OH is 1. The number of hydrogen-bond acceptors (Lipinski definition) is 2. The van der Waals surface area contributed by atoms with Crippen LogP contribution in [0.15, 0.2) is 42.6 Å². The lowest BCUT2D eigenvalue weighted by molar-refractivity contribution is 0.122. The highest BCUT2D eigenvalue weighted by Crippen LogP contribution is 2.33. The highest BCUT2D eigenvalue weighted by molar-refractivity contribution is 5.59. The van der Waals surface area contributed by atoms with Crippen LogP contribution in [0.3, 0.4) is 0 Å². The molecule has 0 spiro atoms. The molecule has 1 aliphatic carbocycles. The van der Waals surface area contributed by atoms with Gasteiger partial charge in [-0.05, 0) is 61.6 Å². The van der Waals surface area contributed by atoms with Crippen LogP contribution in [-0.4, -0.2) is 16.2 Å². The summed E-state index contributed by atoms with van der Waals surface area (Å²) in [5, 5.41) is 9.69. The van der Waals surface area contributed by atoms with Gasteiger partial charge in [-0.3, -0.25) is 4.98 Å².